The van der Waals surface area contributed by atoms with Crippen LogP contribution >= 0.6 is 0 Å². The molecule has 0 spiro atoms. The lowest BCUT2D eigenvalue weighted by Gasteiger charge is -2.25. The van der Waals surface area contributed by atoms with E-state index in [0.29, 0.717) is 7.85 Å². The fraction of sp³-hybridized carbons (Fsp3) is 0.800. The third kappa shape index (κ3) is 3.33. The van der Waals surface area contributed by atoms with Gasteiger partial charge in [-0.15, -0.1) is 0 Å². The lowest BCUT2D eigenvalue weighted by atomic mass is 9.77. The summed E-state index contributed by atoms with van der Waals surface area (Å²) in [5.41, 5.74) is -3.23. The van der Waals surface area contributed by atoms with Crippen LogP contribution in [0.1, 0.15) is 6.42 Å². The Kier molecular flexibility index (Phi) is 3.48. The average molecular weight is 200 g/mol. The Bertz CT molecular complexity index is 200. The molecule has 8 heteroatoms. The number of halogens is 3. The molecule has 76 valence electrons. The minimum atomic E-state index is -4.97. The van der Waals surface area contributed by atoms with Crippen molar-refractivity contribution in [3.63, 3.8) is 0 Å². The number of Topliss-reactive ketones (excluding diaryl/α,β-unsaturated/α-hetero) is 1. The van der Waals surface area contributed by atoms with E-state index in [1.807, 2.05) is 0 Å². The molecule has 0 aliphatic rings. The number of aliphatic hydroxyl groups is 3. The van der Waals surface area contributed by atoms with Crippen molar-refractivity contribution in [2.24, 2.45) is 0 Å². The first-order chi connectivity index (χ1) is 5.58. The van der Waals surface area contributed by atoms with Crippen LogP contribution in [0.2, 0.25) is 0 Å². The van der Waals surface area contributed by atoms with Crippen LogP contribution in [0.4, 0.5) is 13.2 Å². The van der Waals surface area contributed by atoms with Crippen LogP contribution in [-0.4, -0.2) is 46.9 Å². The van der Waals surface area contributed by atoms with Crippen LogP contribution in [0.3, 0.4) is 0 Å². The van der Waals surface area contributed by atoms with Crippen molar-refractivity contribution in [2.45, 2.75) is 24.4 Å². The number of hydrogen-bond acceptors (Lipinski definition) is 4. The van der Waals surface area contributed by atoms with Gasteiger partial charge in [-0.1, -0.05) is 0 Å². The number of ketones is 1. The predicted molar refractivity (Wildman–Crippen MR) is 37.4 cm³/mol. The van der Waals surface area contributed by atoms with Gasteiger partial charge in [0, 0.05) is 6.42 Å². The second kappa shape index (κ2) is 3.65. The first kappa shape index (κ1) is 12.4. The molecule has 0 saturated carbocycles. The normalized spacial score (nSPS) is 17.2. The van der Waals surface area contributed by atoms with E-state index in [4.69, 9.17) is 15.3 Å². The monoisotopic (exact) mass is 200 g/mol. The second-order valence-electron chi connectivity index (χ2n) is 2.79. The third-order valence-electron chi connectivity index (χ3n) is 1.42. The second-order valence-corrected chi connectivity index (χ2v) is 2.79. The Balaban J connectivity index is 4.44. The number of rotatable bonds is 3. The summed E-state index contributed by atoms with van der Waals surface area (Å²) in [5.74, 6) is -1.48. The minimum Gasteiger partial charge on any atom is -0.389 e. The van der Waals surface area contributed by atoms with E-state index in [2.05, 4.69) is 0 Å². The maximum atomic E-state index is 11.9. The highest BCUT2D eigenvalue weighted by Crippen LogP contribution is 2.30. The van der Waals surface area contributed by atoms with E-state index in [1.165, 1.54) is 0 Å². The van der Waals surface area contributed by atoms with Gasteiger partial charge in [-0.3, -0.25) is 4.79 Å². The summed E-state index contributed by atoms with van der Waals surface area (Å²) < 4.78 is 35.7. The predicted octanol–water partition coefficient (Wildman–Crippen LogP) is -1.86. The van der Waals surface area contributed by atoms with E-state index < -0.39 is 30.2 Å². The Morgan fingerprint density at radius 1 is 1.38 bits per heavy atom. The van der Waals surface area contributed by atoms with Gasteiger partial charge in [0.05, 0.1) is 0 Å². The molecule has 0 bridgehead atoms. The standard InChI is InChI=1S/C5H8BF3O4/c6-4(13,5(7,8)9)1-2(10)3(11)12/h3,11-13H,1,6H2. The molecule has 0 aliphatic heterocycles. The lowest BCUT2D eigenvalue weighted by molar-refractivity contribution is -0.227. The number of carbonyl (C=O) groups excluding carboxylic acids is 1. The number of aliphatic hydroxyl groups excluding tert-OH is 1. The molecule has 0 amide bonds. The summed E-state index contributed by atoms with van der Waals surface area (Å²) in [5, 5.41) is 25.1. The summed E-state index contributed by atoms with van der Waals surface area (Å²) in [6.07, 6.45) is -8.85. The van der Waals surface area contributed by atoms with Crippen molar-refractivity contribution in [1.29, 1.82) is 0 Å². The van der Waals surface area contributed by atoms with Crippen LogP contribution in [0.5, 0.6) is 0 Å². The lowest BCUT2D eigenvalue weighted by Crippen LogP contribution is -2.48. The maximum absolute atomic E-state index is 11.9. The molecule has 0 fully saturated rings. The van der Waals surface area contributed by atoms with Crippen molar-refractivity contribution in [3.05, 3.63) is 0 Å². The maximum Gasteiger partial charge on any atom is 0.409 e. The Hall–Kier alpha value is -0.595. The number of hydrogen-bond donors (Lipinski definition) is 3. The van der Waals surface area contributed by atoms with Gasteiger partial charge in [0.25, 0.3) is 0 Å². The fourth-order valence-corrected chi connectivity index (χ4v) is 0.531. The van der Waals surface area contributed by atoms with Crippen LogP contribution in [0.15, 0.2) is 0 Å². The molecule has 0 radical (unpaired) electrons. The van der Waals surface area contributed by atoms with Gasteiger partial charge in [0.15, 0.2) is 13.6 Å². The van der Waals surface area contributed by atoms with Crippen LogP contribution in [-0.2, 0) is 4.79 Å². The molecule has 0 heterocycles. The summed E-state index contributed by atoms with van der Waals surface area (Å²) in [4.78, 5) is 10.4. The van der Waals surface area contributed by atoms with E-state index in [-0.39, 0.29) is 0 Å². The summed E-state index contributed by atoms with van der Waals surface area (Å²) >= 11 is 0. The SMILES string of the molecule is BC(O)(CC(=O)C(O)O)C(F)(F)F. The zero-order valence-corrected chi connectivity index (χ0v) is 6.67. The molecule has 0 aromatic carbocycles. The molecular weight excluding hydrogens is 192 g/mol. The minimum absolute atomic E-state index is 0.382. The van der Waals surface area contributed by atoms with Gasteiger partial charge in [0.1, 0.15) is 5.50 Å². The van der Waals surface area contributed by atoms with E-state index in [9.17, 15) is 18.0 Å². The summed E-state index contributed by atoms with van der Waals surface area (Å²) in [7, 11) is 0.382. The summed E-state index contributed by atoms with van der Waals surface area (Å²) in [6.45, 7) is 0. The van der Waals surface area contributed by atoms with Crippen LogP contribution in [0, 0.1) is 0 Å². The smallest absolute Gasteiger partial charge is 0.389 e. The average Bonchev–Trinajstić information content (AvgIpc) is 1.83. The molecule has 0 rings (SSSR count). The molecule has 4 nitrogen and oxygen atoms in total. The first-order valence-corrected chi connectivity index (χ1v) is 3.26. The Morgan fingerprint density at radius 2 is 1.77 bits per heavy atom. The van der Waals surface area contributed by atoms with Crippen molar-refractivity contribution < 1.29 is 33.3 Å². The van der Waals surface area contributed by atoms with E-state index >= 15 is 0 Å². The quantitative estimate of drug-likeness (QED) is 0.368. The highest BCUT2D eigenvalue weighted by atomic mass is 19.4. The van der Waals surface area contributed by atoms with Crippen molar-refractivity contribution in [2.75, 3.05) is 0 Å². The number of carbonyl (C=O) groups is 1. The fourth-order valence-electron chi connectivity index (χ4n) is 0.531. The third-order valence-corrected chi connectivity index (χ3v) is 1.42. The van der Waals surface area contributed by atoms with Crippen molar-refractivity contribution >= 4 is 13.6 Å². The molecule has 0 aromatic rings. The first-order valence-electron chi connectivity index (χ1n) is 3.26. The molecule has 0 aromatic heterocycles. The molecular formula is C5H8BF3O4. The van der Waals surface area contributed by atoms with Gasteiger partial charge >= 0.3 is 6.18 Å². The Morgan fingerprint density at radius 3 is 2.00 bits per heavy atom. The van der Waals surface area contributed by atoms with Crippen molar-refractivity contribution in [3.8, 4) is 0 Å². The Labute approximate surface area is 72.4 Å². The van der Waals surface area contributed by atoms with Gasteiger partial charge in [0.2, 0.25) is 6.29 Å². The molecule has 0 saturated heterocycles. The van der Waals surface area contributed by atoms with Crippen LogP contribution < -0.4 is 0 Å². The topological polar surface area (TPSA) is 77.8 Å². The van der Waals surface area contributed by atoms with Gasteiger partial charge < -0.3 is 15.3 Å². The van der Waals surface area contributed by atoms with Gasteiger partial charge in [-0.05, 0) is 0 Å². The summed E-state index contributed by atoms with van der Waals surface area (Å²) in [6, 6.07) is 0. The molecule has 3 N–H and O–H groups in total. The largest absolute Gasteiger partial charge is 0.409 e. The van der Waals surface area contributed by atoms with Crippen molar-refractivity contribution in [1.82, 2.24) is 0 Å². The van der Waals surface area contributed by atoms with E-state index in [1.54, 1.807) is 0 Å². The van der Waals surface area contributed by atoms with Crippen LogP contribution in [0.25, 0.3) is 0 Å². The molecule has 0 aliphatic carbocycles. The van der Waals surface area contributed by atoms with E-state index in [0.717, 1.165) is 0 Å². The highest BCUT2D eigenvalue weighted by molar-refractivity contribution is 6.16. The van der Waals surface area contributed by atoms with Gasteiger partial charge in [-0.25, -0.2) is 0 Å². The molecule has 1 atom stereocenters. The zero-order chi connectivity index (χ0) is 10.9. The highest BCUT2D eigenvalue weighted by Gasteiger charge is 2.50. The molecule has 13 heavy (non-hydrogen) atoms. The number of alkyl halides is 3. The van der Waals surface area contributed by atoms with Gasteiger partial charge in [-0.2, -0.15) is 13.2 Å². The molecule has 1 unspecified atom stereocenters. The zero-order valence-electron chi connectivity index (χ0n) is 6.67.